The van der Waals surface area contributed by atoms with Gasteiger partial charge in [-0.2, -0.15) is 0 Å². The molecule has 114 valence electrons. The number of carboxylic acid groups (broad SMARTS) is 1. The molecule has 0 fully saturated rings. The van der Waals surface area contributed by atoms with Crippen molar-refractivity contribution < 1.29 is 19.4 Å². The maximum absolute atomic E-state index is 12.1. The average Bonchev–Trinajstić information content (AvgIpc) is 2.44. The lowest BCUT2D eigenvalue weighted by atomic mass is 10.3. The highest BCUT2D eigenvalue weighted by atomic mass is 16.5. The van der Waals surface area contributed by atoms with Crippen molar-refractivity contribution in [2.75, 3.05) is 31.2 Å². The van der Waals surface area contributed by atoms with Crippen LogP contribution in [0.1, 0.15) is 6.92 Å². The minimum Gasteiger partial charge on any atom is -0.480 e. The quantitative estimate of drug-likeness (QED) is 0.566. The van der Waals surface area contributed by atoms with E-state index in [1.807, 2.05) is 6.92 Å². The zero-order valence-electron chi connectivity index (χ0n) is 12.0. The normalized spacial score (nSPS) is 9.95. The number of carboxylic acids is 1. The number of aliphatic carboxylic acids is 1. The predicted molar refractivity (Wildman–Crippen MR) is 80.5 cm³/mol. The highest BCUT2D eigenvalue weighted by molar-refractivity contribution is 5.96. The number of carbonyl (C=O) groups is 2. The van der Waals surface area contributed by atoms with E-state index >= 15 is 0 Å². The number of para-hydroxylation sites is 1. The number of nitrogens with zero attached hydrogens (tertiary/aromatic N) is 1. The number of ether oxygens (including phenoxy) is 1. The van der Waals surface area contributed by atoms with Crippen LogP contribution in [0.5, 0.6) is 0 Å². The second-order valence-corrected chi connectivity index (χ2v) is 4.56. The van der Waals surface area contributed by atoms with Crippen LogP contribution in [0, 0.1) is 0 Å². The third-order valence-corrected chi connectivity index (χ3v) is 2.48. The molecule has 6 nitrogen and oxygen atoms in total. The number of amides is 2. The van der Waals surface area contributed by atoms with Gasteiger partial charge in [-0.05, 0) is 19.1 Å². The van der Waals surface area contributed by atoms with Crippen LogP contribution in [0.25, 0.3) is 0 Å². The number of hydrogen-bond acceptors (Lipinski definition) is 3. The first-order valence-corrected chi connectivity index (χ1v) is 6.55. The molecule has 2 amide bonds. The zero-order chi connectivity index (χ0) is 15.7. The number of rotatable bonds is 8. The van der Waals surface area contributed by atoms with Crippen LogP contribution in [0.3, 0.4) is 0 Å². The fourth-order valence-corrected chi connectivity index (χ4v) is 1.60. The van der Waals surface area contributed by atoms with Gasteiger partial charge in [-0.1, -0.05) is 30.4 Å². The Bertz CT molecular complexity index is 488. The van der Waals surface area contributed by atoms with Gasteiger partial charge in [-0.15, -0.1) is 0 Å². The molecule has 1 rings (SSSR count). The molecule has 1 aromatic carbocycles. The largest absolute Gasteiger partial charge is 0.480 e. The lowest BCUT2D eigenvalue weighted by Gasteiger charge is -2.21. The van der Waals surface area contributed by atoms with Crippen molar-refractivity contribution in [1.82, 2.24) is 5.32 Å². The summed E-state index contributed by atoms with van der Waals surface area (Å²) in [5.41, 5.74) is 1.43. The minimum absolute atomic E-state index is 0.301. The lowest BCUT2D eigenvalue weighted by molar-refractivity contribution is -0.135. The van der Waals surface area contributed by atoms with Crippen LogP contribution >= 0.6 is 0 Å². The Morgan fingerprint density at radius 3 is 2.57 bits per heavy atom. The Kier molecular flexibility index (Phi) is 6.97. The summed E-state index contributed by atoms with van der Waals surface area (Å²) in [5, 5.41) is 11.5. The minimum atomic E-state index is -1.08. The first kappa shape index (κ1) is 16.7. The average molecular weight is 292 g/mol. The molecule has 0 aliphatic carbocycles. The molecular formula is C15H20N2O4. The van der Waals surface area contributed by atoms with E-state index in [1.54, 1.807) is 30.3 Å². The SMILES string of the molecule is C=C(C)COCCNC(=O)N(CC(=O)O)c1ccccc1. The van der Waals surface area contributed by atoms with Crippen LogP contribution in [0.4, 0.5) is 10.5 Å². The molecule has 0 bridgehead atoms. The molecule has 0 aliphatic heterocycles. The van der Waals surface area contributed by atoms with Gasteiger partial charge in [0.2, 0.25) is 0 Å². The van der Waals surface area contributed by atoms with Crippen LogP contribution < -0.4 is 10.2 Å². The molecule has 21 heavy (non-hydrogen) atoms. The van der Waals surface area contributed by atoms with Gasteiger partial charge in [-0.25, -0.2) is 4.79 Å². The van der Waals surface area contributed by atoms with E-state index in [0.29, 0.717) is 25.4 Å². The van der Waals surface area contributed by atoms with Crippen molar-refractivity contribution in [2.24, 2.45) is 0 Å². The first-order valence-electron chi connectivity index (χ1n) is 6.55. The Morgan fingerprint density at radius 2 is 2.00 bits per heavy atom. The summed E-state index contributed by atoms with van der Waals surface area (Å²) in [6.07, 6.45) is 0. The molecule has 6 heteroatoms. The molecule has 0 atom stereocenters. The topological polar surface area (TPSA) is 78.9 Å². The van der Waals surface area contributed by atoms with Gasteiger partial charge in [0.05, 0.1) is 13.2 Å². The van der Waals surface area contributed by atoms with Gasteiger partial charge in [0.25, 0.3) is 0 Å². The van der Waals surface area contributed by atoms with Gasteiger partial charge in [0.15, 0.2) is 0 Å². The van der Waals surface area contributed by atoms with Crippen molar-refractivity contribution in [1.29, 1.82) is 0 Å². The summed E-state index contributed by atoms with van der Waals surface area (Å²) < 4.78 is 5.26. The molecule has 0 saturated heterocycles. The highest BCUT2D eigenvalue weighted by Gasteiger charge is 2.17. The smallest absolute Gasteiger partial charge is 0.323 e. The van der Waals surface area contributed by atoms with Gasteiger partial charge >= 0.3 is 12.0 Å². The number of anilines is 1. The van der Waals surface area contributed by atoms with Crippen LogP contribution in [0.2, 0.25) is 0 Å². The van der Waals surface area contributed by atoms with E-state index in [1.165, 1.54) is 4.90 Å². The number of benzene rings is 1. The van der Waals surface area contributed by atoms with Crippen LogP contribution in [0.15, 0.2) is 42.5 Å². The van der Waals surface area contributed by atoms with E-state index in [9.17, 15) is 9.59 Å². The molecule has 0 aromatic heterocycles. The Hall–Kier alpha value is -2.34. The predicted octanol–water partition coefficient (Wildman–Crippen LogP) is 1.88. The van der Waals surface area contributed by atoms with Crippen molar-refractivity contribution in [3.63, 3.8) is 0 Å². The molecule has 0 radical (unpaired) electrons. The van der Waals surface area contributed by atoms with Crippen LogP contribution in [-0.2, 0) is 9.53 Å². The number of carbonyl (C=O) groups excluding carboxylic acids is 1. The van der Waals surface area contributed by atoms with Crippen molar-refractivity contribution in [3.8, 4) is 0 Å². The molecular weight excluding hydrogens is 272 g/mol. The van der Waals surface area contributed by atoms with Gasteiger partial charge in [0.1, 0.15) is 6.54 Å². The Morgan fingerprint density at radius 1 is 1.33 bits per heavy atom. The fourth-order valence-electron chi connectivity index (χ4n) is 1.60. The number of urea groups is 1. The molecule has 0 aliphatic rings. The third-order valence-electron chi connectivity index (χ3n) is 2.48. The fraction of sp³-hybridized carbons (Fsp3) is 0.333. The lowest BCUT2D eigenvalue weighted by Crippen LogP contribution is -2.44. The zero-order valence-corrected chi connectivity index (χ0v) is 12.0. The Balaban J connectivity index is 2.52. The molecule has 0 spiro atoms. The maximum atomic E-state index is 12.1. The maximum Gasteiger partial charge on any atom is 0.323 e. The summed E-state index contributed by atoms with van der Waals surface area (Å²) in [5.74, 6) is -1.08. The van der Waals surface area contributed by atoms with E-state index in [4.69, 9.17) is 9.84 Å². The molecule has 0 unspecified atom stereocenters. The van der Waals surface area contributed by atoms with E-state index in [2.05, 4.69) is 11.9 Å². The van der Waals surface area contributed by atoms with Crippen molar-refractivity contribution in [3.05, 3.63) is 42.5 Å². The van der Waals surface area contributed by atoms with Crippen LogP contribution in [-0.4, -0.2) is 43.4 Å². The summed E-state index contributed by atoms with van der Waals surface area (Å²) in [7, 11) is 0. The van der Waals surface area contributed by atoms with Gasteiger partial charge in [-0.3, -0.25) is 9.69 Å². The van der Waals surface area contributed by atoms with Gasteiger partial charge < -0.3 is 15.2 Å². The van der Waals surface area contributed by atoms with Crippen molar-refractivity contribution in [2.45, 2.75) is 6.92 Å². The van der Waals surface area contributed by atoms with E-state index < -0.39 is 18.5 Å². The summed E-state index contributed by atoms with van der Waals surface area (Å²) in [4.78, 5) is 24.1. The summed E-state index contributed by atoms with van der Waals surface area (Å²) >= 11 is 0. The van der Waals surface area contributed by atoms with Gasteiger partial charge in [0, 0.05) is 12.2 Å². The molecule has 0 heterocycles. The number of hydrogen-bond donors (Lipinski definition) is 2. The highest BCUT2D eigenvalue weighted by Crippen LogP contribution is 2.12. The second-order valence-electron chi connectivity index (χ2n) is 4.56. The second kappa shape index (κ2) is 8.76. The first-order chi connectivity index (χ1) is 10.0. The monoisotopic (exact) mass is 292 g/mol. The van der Waals surface area contributed by atoms with Crippen molar-refractivity contribution >= 4 is 17.7 Å². The van der Waals surface area contributed by atoms with E-state index in [-0.39, 0.29) is 0 Å². The summed E-state index contributed by atoms with van der Waals surface area (Å²) in [6, 6.07) is 8.18. The third kappa shape index (κ3) is 6.58. The summed E-state index contributed by atoms with van der Waals surface area (Å²) in [6.45, 7) is 6.23. The molecule has 2 N–H and O–H groups in total. The number of nitrogens with one attached hydrogen (secondary N) is 1. The standard InChI is InChI=1S/C15H20N2O4/c1-12(2)11-21-9-8-16-15(20)17(10-14(18)19)13-6-4-3-5-7-13/h3-7H,1,8-11H2,2H3,(H,16,20)(H,18,19). The van der Waals surface area contributed by atoms with E-state index in [0.717, 1.165) is 5.57 Å². The molecule has 1 aromatic rings. The molecule has 0 saturated carbocycles. The Labute approximate surface area is 124 Å².